The van der Waals surface area contributed by atoms with Gasteiger partial charge in [0.25, 0.3) is 0 Å². The van der Waals surface area contributed by atoms with Gasteiger partial charge in [-0.2, -0.15) is 0 Å². The van der Waals surface area contributed by atoms with Crippen LogP contribution in [0.3, 0.4) is 0 Å². The molecule has 3 heteroatoms. The van der Waals surface area contributed by atoms with Gasteiger partial charge in [-0.25, -0.2) is 0 Å². The van der Waals surface area contributed by atoms with Gasteiger partial charge < -0.3 is 9.13 Å². The molecule has 12 aromatic rings. The fraction of sp³-hybridized carbons (Fsp3) is 0. The van der Waals surface area contributed by atoms with E-state index in [4.69, 9.17) is 0 Å². The van der Waals surface area contributed by atoms with Gasteiger partial charge in [0.2, 0.25) is 0 Å². The Bertz CT molecular complexity index is 3480. The molecular formula is C60H42N2Si. The van der Waals surface area contributed by atoms with E-state index in [1.54, 1.807) is 0 Å². The fourth-order valence-corrected chi connectivity index (χ4v) is 15.4. The van der Waals surface area contributed by atoms with Crippen LogP contribution < -0.4 is 20.7 Å². The Morgan fingerprint density at radius 1 is 0.286 bits per heavy atom. The monoisotopic (exact) mass is 818 g/mol. The molecule has 0 radical (unpaired) electrons. The first-order chi connectivity index (χ1) is 31.3. The molecule has 0 N–H and O–H groups in total. The molecule has 0 bridgehead atoms. The lowest BCUT2D eigenvalue weighted by molar-refractivity contribution is 1.16. The first-order valence-electron chi connectivity index (χ1n) is 21.8. The third-order valence-electron chi connectivity index (χ3n) is 13.1. The molecule has 0 atom stereocenters. The molecule has 0 spiro atoms. The van der Waals surface area contributed by atoms with Gasteiger partial charge in [0.1, 0.15) is 0 Å². The van der Waals surface area contributed by atoms with E-state index < -0.39 is 8.07 Å². The van der Waals surface area contributed by atoms with Crippen LogP contribution in [0.25, 0.3) is 77.2 Å². The Hall–Kier alpha value is -7.98. The molecule has 0 fully saturated rings. The molecule has 0 aliphatic heterocycles. The van der Waals surface area contributed by atoms with Gasteiger partial charge in [-0.05, 0) is 79.9 Å². The van der Waals surface area contributed by atoms with Crippen LogP contribution in [0, 0.1) is 0 Å². The van der Waals surface area contributed by atoms with Gasteiger partial charge in [0.15, 0.2) is 8.07 Å². The molecule has 10 aromatic carbocycles. The highest BCUT2D eigenvalue weighted by Crippen LogP contribution is 2.42. The van der Waals surface area contributed by atoms with Crippen molar-refractivity contribution in [2.75, 3.05) is 0 Å². The summed E-state index contributed by atoms with van der Waals surface area (Å²) in [5, 5.41) is 10.5. The van der Waals surface area contributed by atoms with E-state index in [1.165, 1.54) is 86.6 Å². The molecule has 2 aromatic heterocycles. The minimum Gasteiger partial charge on any atom is -0.309 e. The number of nitrogens with zero attached hydrogens (tertiary/aromatic N) is 2. The minimum atomic E-state index is -2.91. The number of hydrogen-bond donors (Lipinski definition) is 0. The first kappa shape index (κ1) is 36.8. The van der Waals surface area contributed by atoms with Gasteiger partial charge in [-0.1, -0.05) is 212 Å². The van der Waals surface area contributed by atoms with Crippen molar-refractivity contribution in [1.29, 1.82) is 0 Å². The molecule has 0 amide bonds. The van der Waals surface area contributed by atoms with Crippen LogP contribution >= 0.6 is 0 Å². The average Bonchev–Trinajstić information content (AvgIpc) is 3.88. The quantitative estimate of drug-likeness (QED) is 0.107. The molecule has 0 unspecified atom stereocenters. The summed E-state index contributed by atoms with van der Waals surface area (Å²) in [5.41, 5.74) is 11.8. The molecule has 63 heavy (non-hydrogen) atoms. The number of hydrogen-bond acceptors (Lipinski definition) is 0. The maximum absolute atomic E-state index is 2.91. The van der Waals surface area contributed by atoms with Crippen molar-refractivity contribution in [3.63, 3.8) is 0 Å². The van der Waals surface area contributed by atoms with Crippen molar-refractivity contribution >= 4 is 72.4 Å². The van der Waals surface area contributed by atoms with E-state index in [2.05, 4.69) is 264 Å². The average molecular weight is 819 g/mol. The van der Waals surface area contributed by atoms with Crippen LogP contribution in [0.1, 0.15) is 0 Å². The van der Waals surface area contributed by atoms with Crippen molar-refractivity contribution in [1.82, 2.24) is 9.13 Å². The summed E-state index contributed by atoms with van der Waals surface area (Å²) >= 11 is 0. The maximum atomic E-state index is 2.55. The van der Waals surface area contributed by atoms with E-state index in [9.17, 15) is 0 Å². The Labute approximate surface area is 368 Å². The SMILES string of the molecule is c1ccc(-c2ccc(-n3c4ccccc4c4cc(-c5ccccc5)c(-n5c6ccccc6c6c([Si](c7ccccc7)(c7ccccc7)c7ccccc7)cccc65)cc43)cc2)cc1. The lowest BCUT2D eigenvalue weighted by Crippen LogP contribution is -2.74. The lowest BCUT2D eigenvalue weighted by atomic mass is 10.00. The maximum Gasteiger partial charge on any atom is 0.180 e. The third-order valence-corrected chi connectivity index (χ3v) is 17.9. The van der Waals surface area contributed by atoms with Gasteiger partial charge in [0.05, 0.1) is 27.8 Å². The molecule has 0 aliphatic carbocycles. The lowest BCUT2D eigenvalue weighted by Gasteiger charge is -2.35. The van der Waals surface area contributed by atoms with Gasteiger partial charge >= 0.3 is 0 Å². The molecule has 0 aliphatic rings. The van der Waals surface area contributed by atoms with Crippen molar-refractivity contribution in [3.8, 4) is 33.6 Å². The Kier molecular flexibility index (Phi) is 8.87. The van der Waals surface area contributed by atoms with E-state index in [0.717, 1.165) is 11.4 Å². The largest absolute Gasteiger partial charge is 0.309 e. The van der Waals surface area contributed by atoms with Crippen LogP contribution in [-0.2, 0) is 0 Å². The molecule has 0 saturated carbocycles. The second kappa shape index (κ2) is 15.2. The molecule has 296 valence electrons. The second-order valence-electron chi connectivity index (χ2n) is 16.4. The van der Waals surface area contributed by atoms with E-state index in [1.807, 2.05) is 0 Å². The van der Waals surface area contributed by atoms with Crippen LogP contribution in [-0.4, -0.2) is 17.2 Å². The summed E-state index contributed by atoms with van der Waals surface area (Å²) in [6, 6.07) is 94.3. The highest BCUT2D eigenvalue weighted by atomic mass is 28.3. The smallest absolute Gasteiger partial charge is 0.180 e. The zero-order valence-electron chi connectivity index (χ0n) is 34.6. The predicted octanol–water partition coefficient (Wildman–Crippen LogP) is 12.6. The number of rotatable bonds is 8. The summed E-state index contributed by atoms with van der Waals surface area (Å²) in [4.78, 5) is 0. The highest BCUT2D eigenvalue weighted by molar-refractivity contribution is 7.20. The minimum absolute atomic E-state index is 1.13. The zero-order valence-corrected chi connectivity index (χ0v) is 35.6. The normalized spacial score (nSPS) is 11.8. The Morgan fingerprint density at radius 3 is 1.33 bits per heavy atom. The summed E-state index contributed by atoms with van der Waals surface area (Å²) < 4.78 is 5.01. The number of aromatic nitrogens is 2. The van der Waals surface area contributed by atoms with Crippen LogP contribution in [0.5, 0.6) is 0 Å². The second-order valence-corrected chi connectivity index (χ2v) is 20.2. The molecule has 0 saturated heterocycles. The van der Waals surface area contributed by atoms with Crippen molar-refractivity contribution < 1.29 is 0 Å². The third kappa shape index (κ3) is 5.85. The van der Waals surface area contributed by atoms with E-state index >= 15 is 0 Å². The van der Waals surface area contributed by atoms with Gasteiger partial charge in [0, 0.05) is 32.8 Å². The number of benzene rings is 10. The van der Waals surface area contributed by atoms with E-state index in [0.29, 0.717) is 0 Å². The summed E-state index contributed by atoms with van der Waals surface area (Å²) in [6.45, 7) is 0. The number of fused-ring (bicyclic) bond motifs is 6. The predicted molar refractivity (Wildman–Crippen MR) is 270 cm³/mol. The van der Waals surface area contributed by atoms with Crippen molar-refractivity contribution in [2.24, 2.45) is 0 Å². The van der Waals surface area contributed by atoms with Crippen LogP contribution in [0.4, 0.5) is 0 Å². The van der Waals surface area contributed by atoms with Gasteiger partial charge in [-0.3, -0.25) is 0 Å². The molecular weight excluding hydrogens is 777 g/mol. The standard InChI is InChI=1S/C60H42N2Si/c1-6-21-43(22-7-1)44-37-39-46(40-38-44)61-54-33-18-16-31-50(54)53-41-52(45-23-8-2-9-24-45)57(42-58(53)61)62-55-34-19-17-32-51(55)60-56(62)35-20-36-59(60)63(47-25-10-3-11-26-47,48-27-12-4-13-28-48)49-29-14-5-15-30-49/h1-42H. The Morgan fingerprint density at radius 2 is 0.746 bits per heavy atom. The molecule has 2 nitrogen and oxygen atoms in total. The number of para-hydroxylation sites is 2. The van der Waals surface area contributed by atoms with Crippen LogP contribution in [0.2, 0.25) is 0 Å². The van der Waals surface area contributed by atoms with E-state index in [-0.39, 0.29) is 0 Å². The molecule has 12 rings (SSSR count). The summed E-state index contributed by atoms with van der Waals surface area (Å²) in [6.07, 6.45) is 0. The summed E-state index contributed by atoms with van der Waals surface area (Å²) in [7, 11) is -2.91. The fourth-order valence-electron chi connectivity index (χ4n) is 10.4. The zero-order chi connectivity index (χ0) is 41.7. The van der Waals surface area contributed by atoms with Crippen LogP contribution in [0.15, 0.2) is 255 Å². The highest BCUT2D eigenvalue weighted by Gasteiger charge is 2.43. The topological polar surface area (TPSA) is 9.86 Å². The van der Waals surface area contributed by atoms with Crippen molar-refractivity contribution in [3.05, 3.63) is 255 Å². The molecule has 2 heterocycles. The van der Waals surface area contributed by atoms with Crippen molar-refractivity contribution in [2.45, 2.75) is 0 Å². The Balaban J connectivity index is 1.20. The first-order valence-corrected chi connectivity index (χ1v) is 23.8. The van der Waals surface area contributed by atoms with Gasteiger partial charge in [-0.15, -0.1) is 0 Å². The summed E-state index contributed by atoms with van der Waals surface area (Å²) in [5.74, 6) is 0.